The van der Waals surface area contributed by atoms with Crippen LogP contribution < -0.4 is 14.4 Å². The molecule has 1 atom stereocenters. The molecule has 11 heteroatoms. The van der Waals surface area contributed by atoms with Gasteiger partial charge in [-0.25, -0.2) is 8.42 Å². The summed E-state index contributed by atoms with van der Waals surface area (Å²) in [5.41, 5.74) is 0.789. The highest BCUT2D eigenvalue weighted by atomic mass is 35.5. The number of ether oxygens (including phenoxy) is 1. The molecule has 1 unspecified atom stereocenters. The average molecular weight is 516 g/mol. The van der Waals surface area contributed by atoms with Gasteiger partial charge in [-0.05, 0) is 49.7 Å². The number of nitrogens with zero attached hydrogens (tertiary/aromatic N) is 2. The van der Waals surface area contributed by atoms with Crippen LogP contribution >= 0.6 is 23.2 Å². The summed E-state index contributed by atoms with van der Waals surface area (Å²) in [5.74, 6) is -0.354. The second-order valence-electron chi connectivity index (χ2n) is 7.31. The summed E-state index contributed by atoms with van der Waals surface area (Å²) >= 11 is 12.2. The van der Waals surface area contributed by atoms with E-state index in [-0.39, 0.29) is 28.2 Å². The van der Waals surface area contributed by atoms with Crippen LogP contribution in [-0.2, 0) is 26.2 Å². The number of sulfonamides is 1. The fourth-order valence-corrected chi connectivity index (χ4v) is 4.43. The Labute approximate surface area is 204 Å². The molecule has 0 aliphatic rings. The molecule has 0 saturated heterocycles. The standard InChI is InChI=1S/C22H27Cl2N3O5S/c1-5-25-22(29)15(2)26(13-16-7-6-8-18(11-16)32-3)21(28)14-27(33(4,30)31)20-12-17(23)9-10-19(20)24/h6-12,15H,5,13-14H2,1-4H3,(H,25,29). The van der Waals surface area contributed by atoms with Crippen molar-refractivity contribution < 1.29 is 22.7 Å². The second-order valence-corrected chi connectivity index (χ2v) is 10.1. The molecule has 2 rings (SSSR count). The highest BCUT2D eigenvalue weighted by Gasteiger charge is 2.30. The third-order valence-electron chi connectivity index (χ3n) is 4.86. The lowest BCUT2D eigenvalue weighted by Crippen LogP contribution is -2.51. The summed E-state index contributed by atoms with van der Waals surface area (Å²) in [6.45, 7) is 3.24. The van der Waals surface area contributed by atoms with E-state index in [1.165, 1.54) is 30.2 Å². The maximum atomic E-state index is 13.4. The summed E-state index contributed by atoms with van der Waals surface area (Å²) < 4.78 is 31.2. The molecule has 1 N–H and O–H groups in total. The minimum Gasteiger partial charge on any atom is -0.497 e. The zero-order chi connectivity index (χ0) is 24.8. The van der Waals surface area contributed by atoms with E-state index in [0.29, 0.717) is 17.9 Å². The molecule has 0 spiro atoms. The number of carbonyl (C=O) groups is 2. The predicted octanol–water partition coefficient (Wildman–Crippen LogP) is 3.32. The quantitative estimate of drug-likeness (QED) is 0.523. The van der Waals surface area contributed by atoms with E-state index >= 15 is 0 Å². The summed E-state index contributed by atoms with van der Waals surface area (Å²) in [4.78, 5) is 27.3. The highest BCUT2D eigenvalue weighted by Crippen LogP contribution is 2.31. The molecule has 0 radical (unpaired) electrons. The van der Waals surface area contributed by atoms with E-state index in [1.807, 2.05) is 0 Å². The summed E-state index contributed by atoms with van der Waals surface area (Å²) in [7, 11) is -2.38. The van der Waals surface area contributed by atoms with E-state index in [2.05, 4.69) is 5.32 Å². The molecule has 0 heterocycles. The Morgan fingerprint density at radius 3 is 2.45 bits per heavy atom. The van der Waals surface area contributed by atoms with E-state index in [4.69, 9.17) is 27.9 Å². The molecule has 2 amide bonds. The Bertz CT molecular complexity index is 1110. The van der Waals surface area contributed by atoms with Gasteiger partial charge in [0.05, 0.1) is 24.1 Å². The van der Waals surface area contributed by atoms with E-state index in [1.54, 1.807) is 38.1 Å². The minimum atomic E-state index is -3.90. The van der Waals surface area contributed by atoms with E-state index < -0.39 is 28.5 Å². The lowest BCUT2D eigenvalue weighted by atomic mass is 10.1. The van der Waals surface area contributed by atoms with Crippen LogP contribution in [0.1, 0.15) is 19.4 Å². The molecule has 0 bridgehead atoms. The summed E-state index contributed by atoms with van der Waals surface area (Å²) in [6.07, 6.45) is 0.969. The average Bonchev–Trinajstić information content (AvgIpc) is 2.76. The van der Waals surface area contributed by atoms with Crippen LogP contribution in [0.4, 0.5) is 5.69 Å². The lowest BCUT2D eigenvalue weighted by molar-refractivity contribution is -0.139. The summed E-state index contributed by atoms with van der Waals surface area (Å²) in [5, 5.41) is 3.08. The number of hydrogen-bond acceptors (Lipinski definition) is 5. The van der Waals surface area contributed by atoms with Crippen molar-refractivity contribution in [1.82, 2.24) is 10.2 Å². The monoisotopic (exact) mass is 515 g/mol. The Kier molecular flexibility index (Phi) is 9.39. The molecular weight excluding hydrogens is 489 g/mol. The number of hydrogen-bond donors (Lipinski definition) is 1. The molecule has 0 aliphatic carbocycles. The van der Waals surface area contributed by atoms with Gasteiger partial charge in [0.25, 0.3) is 0 Å². The van der Waals surface area contributed by atoms with Gasteiger partial charge in [0.15, 0.2) is 0 Å². The normalized spacial score (nSPS) is 12.1. The highest BCUT2D eigenvalue weighted by molar-refractivity contribution is 7.92. The largest absolute Gasteiger partial charge is 0.497 e. The number of rotatable bonds is 10. The van der Waals surface area contributed by atoms with Crippen molar-refractivity contribution in [3.8, 4) is 5.75 Å². The molecule has 2 aromatic carbocycles. The van der Waals surface area contributed by atoms with Gasteiger partial charge >= 0.3 is 0 Å². The number of carbonyl (C=O) groups excluding carboxylic acids is 2. The molecule has 8 nitrogen and oxygen atoms in total. The maximum absolute atomic E-state index is 13.4. The Morgan fingerprint density at radius 2 is 1.85 bits per heavy atom. The van der Waals surface area contributed by atoms with E-state index in [0.717, 1.165) is 10.6 Å². The van der Waals surface area contributed by atoms with Crippen molar-refractivity contribution in [2.45, 2.75) is 26.4 Å². The Balaban J connectivity index is 2.44. The number of nitrogens with one attached hydrogen (secondary N) is 1. The third kappa shape index (κ3) is 7.25. The third-order valence-corrected chi connectivity index (χ3v) is 6.54. The number of methoxy groups -OCH3 is 1. The number of benzene rings is 2. The summed E-state index contributed by atoms with van der Waals surface area (Å²) in [6, 6.07) is 10.5. The van der Waals surface area contributed by atoms with Crippen molar-refractivity contribution in [2.24, 2.45) is 0 Å². The molecule has 0 fully saturated rings. The smallest absolute Gasteiger partial charge is 0.244 e. The van der Waals surface area contributed by atoms with Crippen molar-refractivity contribution in [3.05, 3.63) is 58.1 Å². The molecule has 2 aromatic rings. The first-order valence-electron chi connectivity index (χ1n) is 10.1. The van der Waals surface area contributed by atoms with Gasteiger partial charge in [0.1, 0.15) is 18.3 Å². The van der Waals surface area contributed by atoms with Crippen molar-refractivity contribution in [1.29, 1.82) is 0 Å². The predicted molar refractivity (Wildman–Crippen MR) is 130 cm³/mol. The molecule has 180 valence electrons. The van der Waals surface area contributed by atoms with Crippen LogP contribution in [0.15, 0.2) is 42.5 Å². The van der Waals surface area contributed by atoms with Crippen LogP contribution in [0.5, 0.6) is 5.75 Å². The van der Waals surface area contributed by atoms with Gasteiger partial charge in [-0.15, -0.1) is 0 Å². The van der Waals surface area contributed by atoms with Crippen LogP contribution in [-0.4, -0.2) is 57.6 Å². The van der Waals surface area contributed by atoms with Gasteiger partial charge < -0.3 is 15.0 Å². The van der Waals surface area contributed by atoms with Gasteiger partial charge in [-0.3, -0.25) is 13.9 Å². The second kappa shape index (κ2) is 11.6. The van der Waals surface area contributed by atoms with Crippen molar-refractivity contribution in [2.75, 3.05) is 30.8 Å². The van der Waals surface area contributed by atoms with Gasteiger partial charge in [0.2, 0.25) is 21.8 Å². The lowest BCUT2D eigenvalue weighted by Gasteiger charge is -2.31. The number of amides is 2. The van der Waals surface area contributed by atoms with Gasteiger partial charge in [-0.2, -0.15) is 0 Å². The minimum absolute atomic E-state index is 0.0647. The first-order chi connectivity index (χ1) is 15.5. The zero-order valence-corrected chi connectivity index (χ0v) is 21.2. The maximum Gasteiger partial charge on any atom is 0.244 e. The van der Waals surface area contributed by atoms with Crippen LogP contribution in [0.2, 0.25) is 10.0 Å². The van der Waals surface area contributed by atoms with Gasteiger partial charge in [-0.1, -0.05) is 35.3 Å². The Morgan fingerprint density at radius 1 is 1.15 bits per heavy atom. The van der Waals surface area contributed by atoms with Crippen LogP contribution in [0.3, 0.4) is 0 Å². The van der Waals surface area contributed by atoms with Crippen LogP contribution in [0.25, 0.3) is 0 Å². The fourth-order valence-electron chi connectivity index (χ4n) is 3.14. The first kappa shape index (κ1) is 26.8. The zero-order valence-electron chi connectivity index (χ0n) is 18.8. The molecule has 0 saturated carbocycles. The number of halogens is 2. The molecular formula is C22H27Cl2N3O5S. The number of anilines is 1. The Hall–Kier alpha value is -2.49. The van der Waals surface area contributed by atoms with Gasteiger partial charge in [0, 0.05) is 18.1 Å². The molecule has 0 aromatic heterocycles. The SMILES string of the molecule is CCNC(=O)C(C)N(Cc1cccc(OC)c1)C(=O)CN(c1cc(Cl)ccc1Cl)S(C)(=O)=O. The van der Waals surface area contributed by atoms with Crippen LogP contribution in [0, 0.1) is 0 Å². The van der Waals surface area contributed by atoms with Crippen molar-refractivity contribution in [3.63, 3.8) is 0 Å². The van der Waals surface area contributed by atoms with E-state index in [9.17, 15) is 18.0 Å². The topological polar surface area (TPSA) is 96.0 Å². The molecule has 33 heavy (non-hydrogen) atoms. The first-order valence-corrected chi connectivity index (χ1v) is 12.7. The number of likely N-dealkylation sites (N-methyl/N-ethyl adjacent to an activating group) is 1. The molecule has 0 aliphatic heterocycles. The fraction of sp³-hybridized carbons (Fsp3) is 0.364. The van der Waals surface area contributed by atoms with Crippen molar-refractivity contribution >= 4 is 50.7 Å².